The van der Waals surface area contributed by atoms with Crippen molar-refractivity contribution in [1.82, 2.24) is 9.78 Å². The van der Waals surface area contributed by atoms with Crippen LogP contribution in [0.15, 0.2) is 59.3 Å². The van der Waals surface area contributed by atoms with Gasteiger partial charge in [0.2, 0.25) is 0 Å². The third kappa shape index (κ3) is 5.10. The van der Waals surface area contributed by atoms with Crippen LogP contribution in [-0.4, -0.2) is 34.2 Å². The number of esters is 1. The van der Waals surface area contributed by atoms with Gasteiger partial charge < -0.3 is 19.8 Å². The molecule has 0 aliphatic rings. The maximum atomic E-state index is 12.1. The Morgan fingerprint density at radius 1 is 1.10 bits per heavy atom. The number of anilines is 2. The first kappa shape index (κ1) is 19.9. The normalized spacial score (nSPS) is 10.6. The highest BCUT2D eigenvalue weighted by Crippen LogP contribution is 2.14. The summed E-state index contributed by atoms with van der Waals surface area (Å²) in [5.41, 5.74) is 0.740. The maximum absolute atomic E-state index is 12.1. The number of benzene rings is 1. The molecule has 0 saturated carbocycles. The second-order valence-electron chi connectivity index (χ2n) is 6.39. The highest BCUT2D eigenvalue weighted by molar-refractivity contribution is 6.02. The molecule has 0 fully saturated rings. The van der Waals surface area contributed by atoms with Crippen LogP contribution in [0.2, 0.25) is 0 Å². The Balaban J connectivity index is 1.51. The van der Waals surface area contributed by atoms with Gasteiger partial charge in [0.25, 0.3) is 11.8 Å². The summed E-state index contributed by atoms with van der Waals surface area (Å²) >= 11 is 0. The summed E-state index contributed by atoms with van der Waals surface area (Å²) in [4.78, 5) is 36.1. The largest absolute Gasteiger partial charge is 0.459 e. The van der Waals surface area contributed by atoms with E-state index in [-0.39, 0.29) is 17.4 Å². The van der Waals surface area contributed by atoms with Crippen molar-refractivity contribution in [2.75, 3.05) is 17.2 Å². The minimum Gasteiger partial charge on any atom is -0.459 e. The average Bonchev–Trinajstić information content (AvgIpc) is 3.38. The molecular weight excluding hydrogens is 376 g/mol. The number of rotatable bonds is 7. The van der Waals surface area contributed by atoms with E-state index >= 15 is 0 Å². The van der Waals surface area contributed by atoms with E-state index < -0.39 is 24.4 Å². The minimum atomic E-state index is -0.651. The number of hydrogen-bond donors (Lipinski definition) is 2. The molecule has 0 radical (unpaired) electrons. The van der Waals surface area contributed by atoms with E-state index in [0.29, 0.717) is 11.5 Å². The van der Waals surface area contributed by atoms with Crippen molar-refractivity contribution in [1.29, 1.82) is 0 Å². The number of nitrogens with zero attached hydrogens (tertiary/aromatic N) is 2. The number of amides is 2. The standard InChI is InChI=1S/C20H20N4O5/c1-13(2)24-17(9-10-21-24)23-18(25)12-29-20(27)14-5-7-15(8-6-14)22-19(26)16-4-3-11-28-16/h3-11,13H,12H2,1-2H3,(H,22,26)(H,23,25). The van der Waals surface area contributed by atoms with E-state index in [1.54, 1.807) is 41.2 Å². The van der Waals surface area contributed by atoms with Gasteiger partial charge in [-0.3, -0.25) is 9.59 Å². The number of nitrogens with one attached hydrogen (secondary N) is 2. The van der Waals surface area contributed by atoms with Crippen LogP contribution in [-0.2, 0) is 9.53 Å². The summed E-state index contributed by atoms with van der Waals surface area (Å²) < 4.78 is 11.7. The zero-order valence-electron chi connectivity index (χ0n) is 15.9. The lowest BCUT2D eigenvalue weighted by molar-refractivity contribution is -0.119. The molecule has 2 amide bonds. The van der Waals surface area contributed by atoms with Crippen LogP contribution in [0.5, 0.6) is 0 Å². The third-order valence-electron chi connectivity index (χ3n) is 3.88. The van der Waals surface area contributed by atoms with E-state index in [1.165, 1.54) is 18.4 Å². The molecule has 0 saturated heterocycles. The first-order chi connectivity index (χ1) is 13.9. The van der Waals surface area contributed by atoms with Gasteiger partial charge in [-0.15, -0.1) is 0 Å². The summed E-state index contributed by atoms with van der Waals surface area (Å²) in [6.07, 6.45) is 2.98. The van der Waals surface area contributed by atoms with E-state index in [4.69, 9.17) is 9.15 Å². The predicted octanol–water partition coefficient (Wildman–Crippen LogP) is 3.10. The van der Waals surface area contributed by atoms with Gasteiger partial charge in [-0.05, 0) is 50.2 Å². The van der Waals surface area contributed by atoms with Gasteiger partial charge in [0.15, 0.2) is 12.4 Å². The number of carbonyl (C=O) groups excluding carboxylic acids is 3. The monoisotopic (exact) mass is 396 g/mol. The molecule has 3 rings (SSSR count). The molecule has 1 aromatic carbocycles. The van der Waals surface area contributed by atoms with Gasteiger partial charge in [0.1, 0.15) is 5.82 Å². The van der Waals surface area contributed by atoms with E-state index in [0.717, 1.165) is 0 Å². The molecular formula is C20H20N4O5. The fourth-order valence-electron chi connectivity index (χ4n) is 2.51. The van der Waals surface area contributed by atoms with Gasteiger partial charge >= 0.3 is 5.97 Å². The van der Waals surface area contributed by atoms with E-state index in [2.05, 4.69) is 15.7 Å². The number of ether oxygens (including phenoxy) is 1. The van der Waals surface area contributed by atoms with Crippen molar-refractivity contribution in [3.8, 4) is 0 Å². The lowest BCUT2D eigenvalue weighted by atomic mass is 10.2. The van der Waals surface area contributed by atoms with Crippen LogP contribution in [0.3, 0.4) is 0 Å². The molecule has 3 aromatic rings. The van der Waals surface area contributed by atoms with Crippen molar-refractivity contribution >= 4 is 29.3 Å². The SMILES string of the molecule is CC(C)n1nccc1NC(=O)COC(=O)c1ccc(NC(=O)c2ccco2)cc1. The minimum absolute atomic E-state index is 0.0784. The summed E-state index contributed by atoms with van der Waals surface area (Å²) in [5.74, 6) is -0.817. The Hall–Kier alpha value is -3.88. The molecule has 0 unspecified atom stereocenters. The van der Waals surface area contributed by atoms with Crippen LogP contribution >= 0.6 is 0 Å². The quantitative estimate of drug-likeness (QED) is 0.593. The first-order valence-electron chi connectivity index (χ1n) is 8.89. The van der Waals surface area contributed by atoms with Gasteiger partial charge in [0.05, 0.1) is 18.0 Å². The fraction of sp³-hybridized carbons (Fsp3) is 0.200. The van der Waals surface area contributed by atoms with Crippen LogP contribution < -0.4 is 10.6 Å². The summed E-state index contributed by atoms with van der Waals surface area (Å²) in [5, 5.41) is 9.41. The number of furan rings is 1. The molecule has 2 heterocycles. The zero-order chi connectivity index (χ0) is 20.8. The molecule has 0 atom stereocenters. The van der Waals surface area contributed by atoms with Gasteiger partial charge in [-0.2, -0.15) is 5.10 Å². The third-order valence-corrected chi connectivity index (χ3v) is 3.88. The van der Waals surface area contributed by atoms with Gasteiger partial charge in [-0.25, -0.2) is 9.48 Å². The summed E-state index contributed by atoms with van der Waals surface area (Å²) in [7, 11) is 0. The average molecular weight is 396 g/mol. The van der Waals surface area contributed by atoms with Crippen molar-refractivity contribution < 1.29 is 23.5 Å². The highest BCUT2D eigenvalue weighted by atomic mass is 16.5. The Bertz CT molecular complexity index is 990. The lowest BCUT2D eigenvalue weighted by Crippen LogP contribution is -2.23. The fourth-order valence-corrected chi connectivity index (χ4v) is 2.51. The number of carbonyl (C=O) groups is 3. The van der Waals surface area contributed by atoms with Gasteiger partial charge in [0, 0.05) is 17.8 Å². The Kier molecular flexibility index (Phi) is 6.08. The molecule has 9 heteroatoms. The van der Waals surface area contributed by atoms with Crippen molar-refractivity contribution in [3.05, 3.63) is 66.2 Å². The zero-order valence-corrected chi connectivity index (χ0v) is 15.9. The van der Waals surface area contributed by atoms with Gasteiger partial charge in [-0.1, -0.05) is 0 Å². The molecule has 0 spiro atoms. The first-order valence-corrected chi connectivity index (χ1v) is 8.89. The topological polar surface area (TPSA) is 115 Å². The second kappa shape index (κ2) is 8.87. The predicted molar refractivity (Wildman–Crippen MR) is 105 cm³/mol. The number of aromatic nitrogens is 2. The maximum Gasteiger partial charge on any atom is 0.338 e. The Morgan fingerprint density at radius 2 is 1.86 bits per heavy atom. The van der Waals surface area contributed by atoms with E-state index in [1.807, 2.05) is 13.8 Å². The van der Waals surface area contributed by atoms with Crippen molar-refractivity contribution in [3.63, 3.8) is 0 Å². The molecule has 0 aliphatic heterocycles. The molecule has 29 heavy (non-hydrogen) atoms. The van der Waals surface area contributed by atoms with Crippen LogP contribution in [0, 0.1) is 0 Å². The Morgan fingerprint density at radius 3 is 2.52 bits per heavy atom. The molecule has 2 N–H and O–H groups in total. The highest BCUT2D eigenvalue weighted by Gasteiger charge is 2.14. The molecule has 0 bridgehead atoms. The van der Waals surface area contributed by atoms with Crippen molar-refractivity contribution in [2.24, 2.45) is 0 Å². The molecule has 0 aliphatic carbocycles. The molecule has 150 valence electrons. The van der Waals surface area contributed by atoms with Crippen molar-refractivity contribution in [2.45, 2.75) is 19.9 Å². The molecule has 2 aromatic heterocycles. The number of hydrogen-bond acceptors (Lipinski definition) is 6. The van der Waals surface area contributed by atoms with E-state index in [9.17, 15) is 14.4 Å². The summed E-state index contributed by atoms with van der Waals surface area (Å²) in [6.45, 7) is 3.44. The summed E-state index contributed by atoms with van der Waals surface area (Å²) in [6, 6.07) is 11.0. The van der Waals surface area contributed by atoms with Crippen LogP contribution in [0.4, 0.5) is 11.5 Å². The van der Waals surface area contributed by atoms with Crippen LogP contribution in [0.25, 0.3) is 0 Å². The lowest BCUT2D eigenvalue weighted by Gasteiger charge is -2.12. The second-order valence-corrected chi connectivity index (χ2v) is 6.39. The smallest absolute Gasteiger partial charge is 0.338 e. The Labute approximate surface area is 166 Å². The molecule has 9 nitrogen and oxygen atoms in total. The van der Waals surface area contributed by atoms with Crippen LogP contribution in [0.1, 0.15) is 40.8 Å².